The van der Waals surface area contributed by atoms with Crippen LogP contribution in [-0.2, 0) is 4.74 Å². The Morgan fingerprint density at radius 3 is 2.61 bits per heavy atom. The molecule has 116 valence electrons. The SMILES string of the molecule is CCOC(=O)c1nn(-c2ccccc2)cc1C(=O)c1ccco1. The first-order valence-corrected chi connectivity index (χ1v) is 7.11. The van der Waals surface area contributed by atoms with E-state index in [1.807, 2.05) is 30.3 Å². The largest absolute Gasteiger partial charge is 0.461 e. The summed E-state index contributed by atoms with van der Waals surface area (Å²) in [7, 11) is 0. The van der Waals surface area contributed by atoms with Crippen molar-refractivity contribution in [1.29, 1.82) is 0 Å². The minimum Gasteiger partial charge on any atom is -0.461 e. The van der Waals surface area contributed by atoms with Crippen molar-refractivity contribution in [2.24, 2.45) is 0 Å². The first kappa shape index (κ1) is 14.8. The van der Waals surface area contributed by atoms with Gasteiger partial charge < -0.3 is 9.15 Å². The molecule has 0 unspecified atom stereocenters. The highest BCUT2D eigenvalue weighted by Crippen LogP contribution is 2.18. The quantitative estimate of drug-likeness (QED) is 0.535. The summed E-state index contributed by atoms with van der Waals surface area (Å²) >= 11 is 0. The highest BCUT2D eigenvalue weighted by atomic mass is 16.5. The number of carbonyl (C=O) groups excluding carboxylic acids is 2. The van der Waals surface area contributed by atoms with Gasteiger partial charge in [0.25, 0.3) is 0 Å². The van der Waals surface area contributed by atoms with Gasteiger partial charge in [-0.15, -0.1) is 0 Å². The van der Waals surface area contributed by atoms with E-state index < -0.39 is 11.8 Å². The number of para-hydroxylation sites is 1. The Bertz CT molecular complexity index is 820. The average molecular weight is 310 g/mol. The number of benzene rings is 1. The fraction of sp³-hybridized carbons (Fsp3) is 0.118. The summed E-state index contributed by atoms with van der Waals surface area (Å²) < 4.78 is 11.6. The molecule has 1 aromatic carbocycles. The maximum atomic E-state index is 12.5. The van der Waals surface area contributed by atoms with Gasteiger partial charge in [0.1, 0.15) is 0 Å². The number of carbonyl (C=O) groups is 2. The van der Waals surface area contributed by atoms with Crippen molar-refractivity contribution in [2.45, 2.75) is 6.92 Å². The molecular formula is C17H14N2O4. The molecule has 3 rings (SSSR count). The van der Waals surface area contributed by atoms with E-state index in [-0.39, 0.29) is 23.6 Å². The van der Waals surface area contributed by atoms with E-state index in [2.05, 4.69) is 5.10 Å². The van der Waals surface area contributed by atoms with Crippen molar-refractivity contribution in [3.63, 3.8) is 0 Å². The number of rotatable bonds is 5. The Morgan fingerprint density at radius 2 is 1.96 bits per heavy atom. The molecule has 23 heavy (non-hydrogen) atoms. The van der Waals surface area contributed by atoms with Crippen LogP contribution in [0.15, 0.2) is 59.3 Å². The number of hydrogen-bond acceptors (Lipinski definition) is 5. The molecular weight excluding hydrogens is 296 g/mol. The second-order valence-electron chi connectivity index (χ2n) is 4.70. The molecule has 0 fully saturated rings. The zero-order chi connectivity index (χ0) is 16.2. The van der Waals surface area contributed by atoms with E-state index in [1.54, 1.807) is 13.0 Å². The molecule has 3 aromatic rings. The summed E-state index contributed by atoms with van der Waals surface area (Å²) in [6.07, 6.45) is 2.91. The molecule has 6 heteroatoms. The van der Waals surface area contributed by atoms with Crippen LogP contribution in [0.25, 0.3) is 5.69 Å². The lowest BCUT2D eigenvalue weighted by atomic mass is 10.1. The van der Waals surface area contributed by atoms with Crippen LogP contribution in [-0.4, -0.2) is 28.1 Å². The highest BCUT2D eigenvalue weighted by Gasteiger charge is 2.25. The molecule has 0 bridgehead atoms. The van der Waals surface area contributed by atoms with Gasteiger partial charge in [0.05, 0.1) is 24.1 Å². The average Bonchev–Trinajstić information content (AvgIpc) is 3.25. The number of furan rings is 1. The van der Waals surface area contributed by atoms with Gasteiger partial charge in [0.15, 0.2) is 11.5 Å². The normalized spacial score (nSPS) is 10.5. The van der Waals surface area contributed by atoms with E-state index in [9.17, 15) is 9.59 Å². The van der Waals surface area contributed by atoms with E-state index in [4.69, 9.17) is 9.15 Å². The number of nitrogens with zero attached hydrogens (tertiary/aromatic N) is 2. The summed E-state index contributed by atoms with van der Waals surface area (Å²) in [6, 6.07) is 12.3. The van der Waals surface area contributed by atoms with E-state index in [0.29, 0.717) is 0 Å². The van der Waals surface area contributed by atoms with Crippen molar-refractivity contribution in [2.75, 3.05) is 6.61 Å². The standard InChI is InChI=1S/C17H14N2O4/c1-2-22-17(21)15-13(16(20)14-9-6-10-23-14)11-19(18-15)12-7-4-3-5-8-12/h3-11H,2H2,1H3. The van der Waals surface area contributed by atoms with Crippen molar-refractivity contribution in [1.82, 2.24) is 9.78 Å². The van der Waals surface area contributed by atoms with Gasteiger partial charge in [-0.1, -0.05) is 18.2 Å². The fourth-order valence-corrected chi connectivity index (χ4v) is 2.14. The fourth-order valence-electron chi connectivity index (χ4n) is 2.14. The first-order chi connectivity index (χ1) is 11.2. The maximum absolute atomic E-state index is 12.5. The third-order valence-electron chi connectivity index (χ3n) is 3.19. The number of hydrogen-bond donors (Lipinski definition) is 0. The van der Waals surface area contributed by atoms with Crippen LogP contribution in [0.5, 0.6) is 0 Å². The molecule has 0 aliphatic rings. The van der Waals surface area contributed by atoms with Crippen molar-refractivity contribution >= 4 is 11.8 Å². The van der Waals surface area contributed by atoms with Gasteiger partial charge in [0, 0.05) is 6.20 Å². The minimum absolute atomic E-state index is 0.0305. The molecule has 0 spiro atoms. The maximum Gasteiger partial charge on any atom is 0.359 e. The monoisotopic (exact) mass is 310 g/mol. The third-order valence-corrected chi connectivity index (χ3v) is 3.19. The Balaban J connectivity index is 2.07. The molecule has 0 aliphatic carbocycles. The molecule has 0 saturated heterocycles. The van der Waals surface area contributed by atoms with Crippen LogP contribution in [0.1, 0.15) is 33.5 Å². The van der Waals surface area contributed by atoms with Crippen LogP contribution in [0.3, 0.4) is 0 Å². The van der Waals surface area contributed by atoms with Gasteiger partial charge in [-0.3, -0.25) is 4.79 Å². The lowest BCUT2D eigenvalue weighted by molar-refractivity contribution is 0.0516. The zero-order valence-electron chi connectivity index (χ0n) is 12.4. The lowest BCUT2D eigenvalue weighted by Crippen LogP contribution is -2.11. The first-order valence-electron chi connectivity index (χ1n) is 7.11. The van der Waals surface area contributed by atoms with Crippen molar-refractivity contribution in [3.8, 4) is 5.69 Å². The minimum atomic E-state index is -0.642. The van der Waals surface area contributed by atoms with Crippen LogP contribution >= 0.6 is 0 Å². The number of ether oxygens (including phenoxy) is 1. The summed E-state index contributed by atoms with van der Waals surface area (Å²) in [4.78, 5) is 24.6. The summed E-state index contributed by atoms with van der Waals surface area (Å²) in [5.41, 5.74) is 0.843. The topological polar surface area (TPSA) is 74.3 Å². The summed E-state index contributed by atoms with van der Waals surface area (Å²) in [5, 5.41) is 4.21. The smallest absolute Gasteiger partial charge is 0.359 e. The van der Waals surface area contributed by atoms with Gasteiger partial charge in [-0.2, -0.15) is 5.10 Å². The molecule has 0 atom stereocenters. The van der Waals surface area contributed by atoms with Crippen molar-refractivity contribution in [3.05, 3.63) is 71.9 Å². The molecule has 0 N–H and O–H groups in total. The van der Waals surface area contributed by atoms with E-state index >= 15 is 0 Å². The van der Waals surface area contributed by atoms with Crippen LogP contribution in [0.4, 0.5) is 0 Å². The Kier molecular flexibility index (Phi) is 4.05. The van der Waals surface area contributed by atoms with Gasteiger partial charge in [-0.25, -0.2) is 9.48 Å². The predicted molar refractivity (Wildman–Crippen MR) is 81.7 cm³/mol. The molecule has 0 saturated carbocycles. The molecule has 0 amide bonds. The highest BCUT2D eigenvalue weighted by molar-refractivity contribution is 6.12. The van der Waals surface area contributed by atoms with Crippen LogP contribution < -0.4 is 0 Å². The molecule has 0 radical (unpaired) electrons. The van der Waals surface area contributed by atoms with Gasteiger partial charge >= 0.3 is 5.97 Å². The van der Waals surface area contributed by atoms with Gasteiger partial charge in [-0.05, 0) is 31.2 Å². The Morgan fingerprint density at radius 1 is 1.17 bits per heavy atom. The van der Waals surface area contributed by atoms with Crippen LogP contribution in [0, 0.1) is 0 Å². The second-order valence-corrected chi connectivity index (χ2v) is 4.70. The molecule has 0 aliphatic heterocycles. The Hall–Kier alpha value is -3.15. The molecule has 2 aromatic heterocycles. The lowest BCUT2D eigenvalue weighted by Gasteiger charge is -2.00. The zero-order valence-corrected chi connectivity index (χ0v) is 12.4. The van der Waals surface area contributed by atoms with E-state index in [0.717, 1.165) is 5.69 Å². The number of aromatic nitrogens is 2. The summed E-state index contributed by atoms with van der Waals surface area (Å²) in [6.45, 7) is 1.89. The van der Waals surface area contributed by atoms with Crippen LogP contribution in [0.2, 0.25) is 0 Å². The second kappa shape index (κ2) is 6.31. The van der Waals surface area contributed by atoms with Crippen molar-refractivity contribution < 1.29 is 18.7 Å². The van der Waals surface area contributed by atoms with E-state index in [1.165, 1.54) is 23.2 Å². The summed E-state index contributed by atoms with van der Waals surface area (Å²) in [5.74, 6) is -0.916. The number of esters is 1. The number of ketones is 1. The van der Waals surface area contributed by atoms with Gasteiger partial charge in [0.2, 0.25) is 5.78 Å². The molecule has 2 heterocycles. The third kappa shape index (κ3) is 2.91. The molecule has 6 nitrogen and oxygen atoms in total. The predicted octanol–water partition coefficient (Wildman–Crippen LogP) is 2.87. The Labute approximate surface area is 132 Å².